The second kappa shape index (κ2) is 16.7. The Morgan fingerprint density at radius 1 is 0.977 bits per heavy atom. The second-order valence-corrected chi connectivity index (χ2v) is 10.8. The van der Waals surface area contributed by atoms with Gasteiger partial charge in [0.25, 0.3) is 0 Å². The van der Waals surface area contributed by atoms with E-state index in [1.807, 2.05) is 13.8 Å². The first-order valence-corrected chi connectivity index (χ1v) is 14.0. The van der Waals surface area contributed by atoms with Crippen molar-refractivity contribution in [1.29, 1.82) is 0 Å². The fourth-order valence-electron chi connectivity index (χ4n) is 4.57. The van der Waals surface area contributed by atoms with Gasteiger partial charge in [-0.1, -0.05) is 44.2 Å². The number of benzene rings is 1. The lowest BCUT2D eigenvalue weighted by Gasteiger charge is -2.32. The monoisotopic (exact) mass is 602 g/mol. The van der Waals surface area contributed by atoms with Gasteiger partial charge in [0.15, 0.2) is 5.96 Å². The molecule has 15 heteroatoms. The number of nitrogens with zero attached hydrogens (tertiary/aromatic N) is 2. The fraction of sp³-hybridized carbons (Fsp3) is 0.536. The molecule has 1 aromatic carbocycles. The average Bonchev–Trinajstić information content (AvgIpc) is 2.94. The zero-order valence-electron chi connectivity index (χ0n) is 24.7. The van der Waals surface area contributed by atoms with Gasteiger partial charge in [-0.25, -0.2) is 0 Å². The van der Waals surface area contributed by atoms with E-state index >= 15 is 0 Å². The number of hydrogen-bond donors (Lipinski definition) is 7. The third-order valence-corrected chi connectivity index (χ3v) is 6.74. The minimum absolute atomic E-state index is 0.0408. The Kier molecular flexibility index (Phi) is 13.4. The summed E-state index contributed by atoms with van der Waals surface area (Å²) >= 11 is 0. The molecule has 0 saturated carbocycles. The van der Waals surface area contributed by atoms with Crippen molar-refractivity contribution in [2.24, 2.45) is 22.4 Å². The number of carboxylic acid groups (broad SMARTS) is 1. The van der Waals surface area contributed by atoms with E-state index in [9.17, 15) is 33.9 Å². The number of carbonyl (C=O) groups excluding carboxylic acids is 5. The standard InChI is InChI=1S/C28H42N8O7/c1-16(2)12-19-25(41)34-18(10-7-11-31-28(29)30)24(40)32-15-22(37)33-20(14-23(38)39)27(43)36(3)21(26(42)35-19)13-17-8-5-4-6-9-17/h4-6,8-9,16,18-21H,7,10-15H2,1-3H3,(H,32,40)(H,33,37)(H,34,41)(H,35,42)(H,38,39)(H4,29,30,31)/t18-,19-,20-,21-/m0/s1. The first-order chi connectivity index (χ1) is 20.3. The molecule has 0 radical (unpaired) electrons. The Balaban J connectivity index is 2.51. The minimum atomic E-state index is -1.52. The van der Waals surface area contributed by atoms with Crippen LogP contribution in [0.2, 0.25) is 0 Å². The summed E-state index contributed by atoms with van der Waals surface area (Å²) in [6.07, 6.45) is -0.0734. The summed E-state index contributed by atoms with van der Waals surface area (Å²) in [5.41, 5.74) is 11.4. The van der Waals surface area contributed by atoms with E-state index in [2.05, 4.69) is 26.3 Å². The maximum atomic E-state index is 13.8. The van der Waals surface area contributed by atoms with Crippen LogP contribution in [0.25, 0.3) is 0 Å². The average molecular weight is 603 g/mol. The lowest BCUT2D eigenvalue weighted by Crippen LogP contribution is -2.58. The van der Waals surface area contributed by atoms with Gasteiger partial charge in [0.05, 0.1) is 13.0 Å². The molecule has 0 bridgehead atoms. The highest BCUT2D eigenvalue weighted by Crippen LogP contribution is 2.14. The molecule has 236 valence electrons. The predicted octanol–water partition coefficient (Wildman–Crippen LogP) is -1.79. The Labute approximate surface area is 250 Å². The molecular formula is C28H42N8O7. The number of nitrogens with two attached hydrogens (primary N) is 2. The van der Waals surface area contributed by atoms with E-state index in [4.69, 9.17) is 11.5 Å². The number of hydrogen-bond acceptors (Lipinski definition) is 7. The summed E-state index contributed by atoms with van der Waals surface area (Å²) in [5.74, 6) is -5.17. The van der Waals surface area contributed by atoms with Gasteiger partial charge in [0, 0.05) is 20.0 Å². The van der Waals surface area contributed by atoms with Crippen LogP contribution in [0.3, 0.4) is 0 Å². The molecule has 9 N–H and O–H groups in total. The van der Waals surface area contributed by atoms with Crippen molar-refractivity contribution in [2.45, 2.75) is 70.1 Å². The quantitative estimate of drug-likeness (QED) is 0.0908. The highest BCUT2D eigenvalue weighted by molar-refractivity contribution is 5.98. The lowest BCUT2D eigenvalue weighted by atomic mass is 9.99. The van der Waals surface area contributed by atoms with Gasteiger partial charge in [-0.05, 0) is 30.7 Å². The summed E-state index contributed by atoms with van der Waals surface area (Å²) in [7, 11) is 1.33. The molecule has 15 nitrogen and oxygen atoms in total. The van der Waals surface area contributed by atoms with Crippen LogP contribution in [-0.4, -0.2) is 95.8 Å². The number of guanidine groups is 1. The van der Waals surface area contributed by atoms with Gasteiger partial charge >= 0.3 is 5.97 Å². The smallest absolute Gasteiger partial charge is 0.305 e. The summed E-state index contributed by atoms with van der Waals surface area (Å²) < 4.78 is 0. The molecule has 0 spiro atoms. The summed E-state index contributed by atoms with van der Waals surface area (Å²) in [6, 6.07) is 3.99. The minimum Gasteiger partial charge on any atom is -0.481 e. The molecule has 1 fully saturated rings. The van der Waals surface area contributed by atoms with E-state index in [0.717, 1.165) is 4.90 Å². The van der Waals surface area contributed by atoms with E-state index in [1.165, 1.54) is 7.05 Å². The van der Waals surface area contributed by atoms with Gasteiger partial charge in [0.1, 0.15) is 24.2 Å². The molecule has 0 aromatic heterocycles. The van der Waals surface area contributed by atoms with Gasteiger partial charge in [0.2, 0.25) is 29.5 Å². The van der Waals surface area contributed by atoms with Crippen molar-refractivity contribution >= 4 is 41.5 Å². The highest BCUT2D eigenvalue weighted by atomic mass is 16.4. The molecule has 1 heterocycles. The van der Waals surface area contributed by atoms with E-state index in [-0.39, 0.29) is 37.7 Å². The van der Waals surface area contributed by atoms with E-state index in [0.29, 0.717) is 12.0 Å². The summed E-state index contributed by atoms with van der Waals surface area (Å²) in [6.45, 7) is 3.31. The number of carboxylic acids is 1. The van der Waals surface area contributed by atoms with Crippen LogP contribution >= 0.6 is 0 Å². The molecule has 1 aromatic rings. The van der Waals surface area contributed by atoms with Crippen molar-refractivity contribution < 1.29 is 33.9 Å². The second-order valence-electron chi connectivity index (χ2n) is 10.8. The van der Waals surface area contributed by atoms with Crippen LogP contribution in [0.15, 0.2) is 35.3 Å². The third-order valence-electron chi connectivity index (χ3n) is 6.74. The van der Waals surface area contributed by atoms with Crippen LogP contribution in [0, 0.1) is 5.92 Å². The van der Waals surface area contributed by atoms with Crippen molar-refractivity contribution in [2.75, 3.05) is 20.1 Å². The first kappa shape index (κ1) is 34.5. The number of nitrogens with one attached hydrogen (secondary N) is 4. The predicted molar refractivity (Wildman–Crippen MR) is 157 cm³/mol. The Morgan fingerprint density at radius 2 is 1.63 bits per heavy atom. The van der Waals surface area contributed by atoms with Crippen LogP contribution in [0.4, 0.5) is 0 Å². The number of amides is 5. The fourth-order valence-corrected chi connectivity index (χ4v) is 4.57. The molecule has 1 aliphatic rings. The zero-order valence-corrected chi connectivity index (χ0v) is 24.7. The van der Waals surface area contributed by atoms with Crippen molar-refractivity contribution in [3.63, 3.8) is 0 Å². The molecule has 1 aliphatic heterocycles. The normalized spacial score (nSPS) is 22.4. The van der Waals surface area contributed by atoms with Crippen LogP contribution in [-0.2, 0) is 35.2 Å². The van der Waals surface area contributed by atoms with Gasteiger partial charge in [-0.2, -0.15) is 0 Å². The van der Waals surface area contributed by atoms with Gasteiger partial charge in [-0.3, -0.25) is 33.8 Å². The molecule has 0 unspecified atom stereocenters. The van der Waals surface area contributed by atoms with Gasteiger partial charge in [-0.15, -0.1) is 0 Å². The largest absolute Gasteiger partial charge is 0.481 e. The van der Waals surface area contributed by atoms with E-state index in [1.54, 1.807) is 30.3 Å². The zero-order chi connectivity index (χ0) is 32.1. The topological polar surface area (TPSA) is 238 Å². The maximum absolute atomic E-state index is 13.8. The number of aliphatic carboxylic acids is 1. The number of rotatable bonds is 10. The molecule has 0 aliphatic carbocycles. The van der Waals surface area contributed by atoms with Crippen LogP contribution in [0.5, 0.6) is 0 Å². The number of likely N-dealkylation sites (N-methyl/N-ethyl adjacent to an activating group) is 1. The summed E-state index contributed by atoms with van der Waals surface area (Å²) in [4.78, 5) is 83.1. The third kappa shape index (κ3) is 11.6. The number of carbonyl (C=O) groups is 6. The molecule has 1 saturated heterocycles. The molecular weight excluding hydrogens is 560 g/mol. The van der Waals surface area contributed by atoms with Crippen molar-refractivity contribution in [3.8, 4) is 0 Å². The Bertz CT molecular complexity index is 1190. The van der Waals surface area contributed by atoms with Crippen LogP contribution in [0.1, 0.15) is 45.1 Å². The lowest BCUT2D eigenvalue weighted by molar-refractivity contribution is -0.146. The molecule has 4 atom stereocenters. The Hall–Kier alpha value is -4.69. The van der Waals surface area contributed by atoms with Crippen molar-refractivity contribution in [3.05, 3.63) is 35.9 Å². The summed E-state index contributed by atoms with van der Waals surface area (Å²) in [5, 5.41) is 19.6. The molecule has 43 heavy (non-hydrogen) atoms. The molecule has 5 amide bonds. The SMILES string of the molecule is CC(C)C[C@@H]1NC(=O)[C@H](Cc2ccccc2)N(C)C(=O)[C@H](CC(=O)O)NC(=O)CNC(=O)[C@H](CCCN=C(N)N)NC1=O. The Morgan fingerprint density at radius 3 is 2.23 bits per heavy atom. The van der Waals surface area contributed by atoms with Crippen molar-refractivity contribution in [1.82, 2.24) is 26.2 Å². The van der Waals surface area contributed by atoms with Gasteiger partial charge < -0.3 is 42.7 Å². The highest BCUT2D eigenvalue weighted by Gasteiger charge is 2.36. The first-order valence-electron chi connectivity index (χ1n) is 14.0. The van der Waals surface area contributed by atoms with E-state index < -0.39 is 72.6 Å². The number of aliphatic imine (C=N–C) groups is 1. The van der Waals surface area contributed by atoms with Crippen LogP contribution < -0.4 is 32.7 Å². The molecule has 2 rings (SSSR count). The maximum Gasteiger partial charge on any atom is 0.305 e.